The summed E-state index contributed by atoms with van der Waals surface area (Å²) >= 11 is 7.27. The van der Waals surface area contributed by atoms with Gasteiger partial charge in [0, 0.05) is 6.20 Å². The van der Waals surface area contributed by atoms with Crippen LogP contribution in [0.4, 0.5) is 0 Å². The fraction of sp³-hybridized carbons (Fsp3) is 0.250. The van der Waals surface area contributed by atoms with E-state index >= 15 is 0 Å². The molecule has 0 bridgehead atoms. The van der Waals surface area contributed by atoms with Gasteiger partial charge in [-0.3, -0.25) is 4.40 Å². The van der Waals surface area contributed by atoms with Crippen LogP contribution in [0.5, 0.6) is 0 Å². The molecule has 0 aliphatic carbocycles. The summed E-state index contributed by atoms with van der Waals surface area (Å²) in [6.45, 7) is 2.05. The van der Waals surface area contributed by atoms with Crippen LogP contribution in [0.15, 0.2) is 12.3 Å². The SMILES string of the molecule is CCCc1nnsc1-c1nnc2c(Cl)cc(C(=O)O)cn12. The molecule has 0 aromatic carbocycles. The Balaban J connectivity index is 2.23. The van der Waals surface area contributed by atoms with E-state index in [1.807, 2.05) is 6.92 Å². The minimum atomic E-state index is -1.06. The van der Waals surface area contributed by atoms with E-state index in [0.29, 0.717) is 11.5 Å². The second kappa shape index (κ2) is 5.38. The molecule has 7 nitrogen and oxygen atoms in total. The van der Waals surface area contributed by atoms with E-state index in [1.165, 1.54) is 23.8 Å². The number of hydrogen-bond donors (Lipinski definition) is 1. The maximum Gasteiger partial charge on any atom is 0.337 e. The summed E-state index contributed by atoms with van der Waals surface area (Å²) in [4.78, 5) is 11.9. The van der Waals surface area contributed by atoms with Gasteiger partial charge in [-0.25, -0.2) is 4.79 Å². The molecule has 9 heteroatoms. The van der Waals surface area contributed by atoms with Gasteiger partial charge < -0.3 is 5.11 Å². The number of rotatable bonds is 4. The van der Waals surface area contributed by atoms with Gasteiger partial charge in [-0.05, 0) is 24.0 Å². The smallest absolute Gasteiger partial charge is 0.337 e. The van der Waals surface area contributed by atoms with E-state index in [0.717, 1.165) is 23.4 Å². The van der Waals surface area contributed by atoms with Gasteiger partial charge in [-0.1, -0.05) is 29.4 Å². The van der Waals surface area contributed by atoms with Crippen molar-refractivity contribution in [2.75, 3.05) is 0 Å². The number of carboxylic acid groups (broad SMARTS) is 1. The molecule has 3 aromatic rings. The summed E-state index contributed by atoms with van der Waals surface area (Å²) in [6.07, 6.45) is 3.15. The number of pyridine rings is 1. The van der Waals surface area contributed by atoms with Crippen LogP contribution in [0.2, 0.25) is 5.02 Å². The average molecular weight is 324 g/mol. The summed E-state index contributed by atoms with van der Waals surface area (Å²) < 4.78 is 5.51. The van der Waals surface area contributed by atoms with Crippen LogP contribution < -0.4 is 0 Å². The van der Waals surface area contributed by atoms with E-state index in [9.17, 15) is 4.79 Å². The molecule has 108 valence electrons. The monoisotopic (exact) mass is 323 g/mol. The Morgan fingerprint density at radius 2 is 2.24 bits per heavy atom. The molecule has 0 aliphatic heterocycles. The Bertz CT molecular complexity index is 828. The summed E-state index contributed by atoms with van der Waals surface area (Å²) in [5.41, 5.74) is 1.31. The van der Waals surface area contributed by atoms with Gasteiger partial charge in [0.1, 0.15) is 4.88 Å². The molecule has 21 heavy (non-hydrogen) atoms. The van der Waals surface area contributed by atoms with E-state index in [4.69, 9.17) is 16.7 Å². The number of carbonyl (C=O) groups is 1. The fourth-order valence-electron chi connectivity index (χ4n) is 2.00. The van der Waals surface area contributed by atoms with Crippen LogP contribution in [0, 0.1) is 0 Å². The van der Waals surface area contributed by atoms with Crippen molar-refractivity contribution in [2.24, 2.45) is 0 Å². The second-order valence-corrected chi connectivity index (χ2v) is 5.56. The van der Waals surface area contributed by atoms with Crippen molar-refractivity contribution < 1.29 is 9.90 Å². The van der Waals surface area contributed by atoms with E-state index in [2.05, 4.69) is 19.8 Å². The van der Waals surface area contributed by atoms with Crippen molar-refractivity contribution >= 4 is 34.7 Å². The number of halogens is 1. The molecule has 3 heterocycles. The van der Waals surface area contributed by atoms with Gasteiger partial charge in [0.05, 0.1) is 16.3 Å². The summed E-state index contributed by atoms with van der Waals surface area (Å²) in [7, 11) is 0. The average Bonchev–Trinajstić information content (AvgIpc) is 3.05. The van der Waals surface area contributed by atoms with Crippen LogP contribution in [-0.2, 0) is 6.42 Å². The number of hydrogen-bond acceptors (Lipinski definition) is 6. The number of aryl methyl sites for hydroxylation is 1. The van der Waals surface area contributed by atoms with E-state index < -0.39 is 5.97 Å². The van der Waals surface area contributed by atoms with Crippen molar-refractivity contribution in [1.82, 2.24) is 24.2 Å². The van der Waals surface area contributed by atoms with Gasteiger partial charge in [0.2, 0.25) is 0 Å². The molecule has 0 atom stereocenters. The summed E-state index contributed by atoms with van der Waals surface area (Å²) in [5, 5.41) is 21.6. The van der Waals surface area contributed by atoms with Crippen molar-refractivity contribution in [1.29, 1.82) is 0 Å². The third-order valence-electron chi connectivity index (χ3n) is 2.95. The molecule has 3 aromatic heterocycles. The third-order valence-corrected chi connectivity index (χ3v) is 3.99. The fourth-order valence-corrected chi connectivity index (χ4v) is 2.94. The first-order valence-corrected chi connectivity index (χ1v) is 7.36. The molecule has 0 fully saturated rings. The minimum Gasteiger partial charge on any atom is -0.478 e. The van der Waals surface area contributed by atoms with Crippen molar-refractivity contribution in [3.63, 3.8) is 0 Å². The summed E-state index contributed by atoms with van der Waals surface area (Å²) in [6, 6.07) is 1.36. The number of nitrogens with zero attached hydrogens (tertiary/aromatic N) is 5. The lowest BCUT2D eigenvalue weighted by Gasteiger charge is -2.02. The first-order valence-electron chi connectivity index (χ1n) is 6.21. The van der Waals surface area contributed by atoms with Crippen LogP contribution in [-0.4, -0.2) is 35.3 Å². The largest absolute Gasteiger partial charge is 0.478 e. The zero-order valence-electron chi connectivity index (χ0n) is 10.9. The molecule has 0 aliphatic rings. The maximum absolute atomic E-state index is 11.2. The van der Waals surface area contributed by atoms with Gasteiger partial charge in [0.15, 0.2) is 11.5 Å². The zero-order valence-corrected chi connectivity index (χ0v) is 12.5. The Morgan fingerprint density at radius 3 is 2.95 bits per heavy atom. The van der Waals surface area contributed by atoms with E-state index in [1.54, 1.807) is 4.40 Å². The molecule has 0 radical (unpaired) electrons. The van der Waals surface area contributed by atoms with E-state index in [-0.39, 0.29) is 10.6 Å². The number of fused-ring (bicyclic) bond motifs is 1. The minimum absolute atomic E-state index is 0.0723. The Labute approximate surface area is 128 Å². The molecule has 1 N–H and O–H groups in total. The Kier molecular flexibility index (Phi) is 3.56. The molecule has 0 saturated carbocycles. The van der Waals surface area contributed by atoms with Gasteiger partial charge >= 0.3 is 5.97 Å². The lowest BCUT2D eigenvalue weighted by molar-refractivity contribution is 0.0696. The Morgan fingerprint density at radius 1 is 1.43 bits per heavy atom. The number of aromatic carboxylic acids is 1. The molecule has 0 unspecified atom stereocenters. The van der Waals surface area contributed by atoms with Gasteiger partial charge in [-0.15, -0.1) is 15.3 Å². The molecular weight excluding hydrogens is 314 g/mol. The zero-order chi connectivity index (χ0) is 15.0. The highest BCUT2D eigenvalue weighted by Gasteiger charge is 2.19. The highest BCUT2D eigenvalue weighted by atomic mass is 35.5. The van der Waals surface area contributed by atoms with Crippen LogP contribution in [0.25, 0.3) is 16.3 Å². The maximum atomic E-state index is 11.2. The van der Waals surface area contributed by atoms with Crippen molar-refractivity contribution in [3.05, 3.63) is 28.5 Å². The molecular formula is C12H10ClN5O2S. The van der Waals surface area contributed by atoms with Crippen LogP contribution in [0.3, 0.4) is 0 Å². The van der Waals surface area contributed by atoms with Crippen LogP contribution in [0.1, 0.15) is 29.4 Å². The third kappa shape index (κ3) is 2.36. The van der Waals surface area contributed by atoms with Crippen molar-refractivity contribution in [3.8, 4) is 10.7 Å². The van der Waals surface area contributed by atoms with Crippen molar-refractivity contribution in [2.45, 2.75) is 19.8 Å². The molecule has 0 spiro atoms. The second-order valence-electron chi connectivity index (χ2n) is 4.40. The summed E-state index contributed by atoms with van der Waals surface area (Å²) in [5.74, 6) is -0.553. The van der Waals surface area contributed by atoms with Gasteiger partial charge in [0.25, 0.3) is 0 Å². The topological polar surface area (TPSA) is 93.3 Å². The molecule has 3 rings (SSSR count). The lowest BCUT2D eigenvalue weighted by Crippen LogP contribution is -2.00. The van der Waals surface area contributed by atoms with Gasteiger partial charge in [-0.2, -0.15) is 0 Å². The number of aromatic nitrogens is 5. The molecule has 0 amide bonds. The standard InChI is InChI=1S/C12H10ClN5O2S/c1-2-3-8-9(21-17-14-8)11-16-15-10-7(13)4-6(12(19)20)5-18(10)11/h4-5H,2-3H2,1H3,(H,19,20). The highest BCUT2D eigenvalue weighted by molar-refractivity contribution is 7.09. The normalized spacial score (nSPS) is 11.1. The first-order chi connectivity index (χ1) is 10.1. The quantitative estimate of drug-likeness (QED) is 0.793. The predicted molar refractivity (Wildman–Crippen MR) is 77.9 cm³/mol. The predicted octanol–water partition coefficient (Wildman–Crippen LogP) is 2.55. The highest BCUT2D eigenvalue weighted by Crippen LogP contribution is 2.28. The lowest BCUT2D eigenvalue weighted by atomic mass is 10.2. The number of carboxylic acids is 1. The molecule has 0 saturated heterocycles. The first kappa shape index (κ1) is 13.9. The Hall–Kier alpha value is -2.06. The van der Waals surface area contributed by atoms with Crippen LogP contribution >= 0.6 is 23.1 Å².